The summed E-state index contributed by atoms with van der Waals surface area (Å²) in [4.78, 5) is 29.4. The van der Waals surface area contributed by atoms with Gasteiger partial charge in [0.1, 0.15) is 6.04 Å². The van der Waals surface area contributed by atoms with E-state index in [1.807, 2.05) is 0 Å². The van der Waals surface area contributed by atoms with E-state index in [2.05, 4.69) is 5.16 Å². The Kier molecular flexibility index (Phi) is 5.90. The van der Waals surface area contributed by atoms with Gasteiger partial charge in [0.25, 0.3) is 10.0 Å². The molecule has 3 rings (SSSR count). The molecule has 10 heteroatoms. The van der Waals surface area contributed by atoms with Gasteiger partial charge in [-0.2, -0.15) is 0 Å². The lowest BCUT2D eigenvalue weighted by Gasteiger charge is -2.22. The number of benzene rings is 2. The molecule has 152 valence electrons. The van der Waals surface area contributed by atoms with E-state index in [0.29, 0.717) is 14.9 Å². The van der Waals surface area contributed by atoms with Crippen LogP contribution >= 0.6 is 11.6 Å². The van der Waals surface area contributed by atoms with E-state index in [9.17, 15) is 18.0 Å². The third-order valence-corrected chi connectivity index (χ3v) is 6.48. The molecule has 0 aliphatic carbocycles. The van der Waals surface area contributed by atoms with Gasteiger partial charge in [-0.3, -0.25) is 4.79 Å². The second-order valence-corrected chi connectivity index (χ2v) is 8.71. The number of carbonyl (C=O) groups excluding carboxylic acids is 2. The van der Waals surface area contributed by atoms with Crippen molar-refractivity contribution in [1.82, 2.24) is 4.31 Å². The molecule has 0 spiro atoms. The fraction of sp³-hybridized carbons (Fsp3) is 0.211. The molecule has 1 heterocycles. The van der Waals surface area contributed by atoms with E-state index in [0.717, 1.165) is 5.56 Å². The van der Waals surface area contributed by atoms with E-state index in [1.54, 1.807) is 43.3 Å². The Morgan fingerprint density at radius 1 is 1.17 bits per heavy atom. The number of hydrogen-bond acceptors (Lipinski definition) is 6. The molecule has 1 amide bonds. The molecule has 29 heavy (non-hydrogen) atoms. The van der Waals surface area contributed by atoms with E-state index < -0.39 is 27.9 Å². The number of sulfonamides is 1. The van der Waals surface area contributed by atoms with Crippen LogP contribution in [0.3, 0.4) is 0 Å². The number of hydrogen-bond donors (Lipinski definition) is 1. The van der Waals surface area contributed by atoms with Crippen LogP contribution < -0.4 is 5.73 Å². The lowest BCUT2D eigenvalue weighted by molar-refractivity contribution is -0.149. The van der Waals surface area contributed by atoms with Crippen molar-refractivity contribution in [3.63, 3.8) is 0 Å². The summed E-state index contributed by atoms with van der Waals surface area (Å²) in [5.74, 6) is -1.75. The first-order chi connectivity index (χ1) is 13.7. The van der Waals surface area contributed by atoms with Crippen LogP contribution in [0.25, 0.3) is 0 Å². The summed E-state index contributed by atoms with van der Waals surface area (Å²) in [5.41, 5.74) is 7.10. The van der Waals surface area contributed by atoms with Gasteiger partial charge in [-0.05, 0) is 49.7 Å². The van der Waals surface area contributed by atoms with Gasteiger partial charge in [0, 0.05) is 17.0 Å². The summed E-state index contributed by atoms with van der Waals surface area (Å²) in [6.07, 6.45) is -0.0969. The lowest BCUT2D eigenvalue weighted by Crippen LogP contribution is -2.43. The maximum Gasteiger partial charge on any atom is 0.358 e. The lowest BCUT2D eigenvalue weighted by atomic mass is 10.2. The van der Waals surface area contributed by atoms with Crippen molar-refractivity contribution >= 4 is 39.3 Å². The molecule has 8 nitrogen and oxygen atoms in total. The first kappa shape index (κ1) is 20.8. The first-order valence-electron chi connectivity index (χ1n) is 8.64. The third kappa shape index (κ3) is 4.41. The highest BCUT2D eigenvalue weighted by atomic mass is 35.5. The van der Waals surface area contributed by atoms with Crippen molar-refractivity contribution < 1.29 is 22.8 Å². The number of halogens is 1. The molecule has 2 aromatic rings. The minimum Gasteiger partial charge on any atom is -0.380 e. The molecule has 1 saturated heterocycles. The molecule has 0 aromatic heterocycles. The summed E-state index contributed by atoms with van der Waals surface area (Å²) in [6, 6.07) is 11.0. The highest BCUT2D eigenvalue weighted by Crippen LogP contribution is 2.28. The number of nitrogens with two attached hydrogens (primary N) is 1. The summed E-state index contributed by atoms with van der Waals surface area (Å²) >= 11 is 5.80. The van der Waals surface area contributed by atoms with Gasteiger partial charge < -0.3 is 10.6 Å². The number of carbonyl (C=O) groups is 2. The van der Waals surface area contributed by atoms with E-state index in [-0.39, 0.29) is 23.6 Å². The summed E-state index contributed by atoms with van der Waals surface area (Å²) in [7, 11) is -4.21. The Balaban J connectivity index is 1.80. The van der Waals surface area contributed by atoms with Gasteiger partial charge in [-0.25, -0.2) is 17.5 Å². The molecule has 1 atom stereocenters. The molecule has 2 N–H and O–H groups in total. The molecule has 0 radical (unpaired) electrons. The highest BCUT2D eigenvalue weighted by Gasteiger charge is 2.45. The number of amidine groups is 1. The van der Waals surface area contributed by atoms with Crippen molar-refractivity contribution in [3.8, 4) is 0 Å². The third-order valence-electron chi connectivity index (χ3n) is 4.38. The highest BCUT2D eigenvalue weighted by molar-refractivity contribution is 7.89. The largest absolute Gasteiger partial charge is 0.380 e. The Morgan fingerprint density at radius 2 is 1.79 bits per heavy atom. The minimum absolute atomic E-state index is 0.000865. The SMILES string of the molecule is Cc1ccc(S(=O)(=O)N2C(=O)CC[C@H]2C(=O)ON=C(N)c2ccc(Cl)cc2)cc1. The van der Waals surface area contributed by atoms with Gasteiger partial charge in [-0.15, -0.1) is 0 Å². The van der Waals surface area contributed by atoms with Crippen LogP contribution in [-0.4, -0.2) is 36.5 Å². The van der Waals surface area contributed by atoms with Crippen molar-refractivity contribution in [3.05, 3.63) is 64.7 Å². The topological polar surface area (TPSA) is 119 Å². The average molecular weight is 436 g/mol. The zero-order valence-corrected chi connectivity index (χ0v) is 17.0. The molecule has 1 aliphatic heterocycles. The normalized spacial score (nSPS) is 17.4. The van der Waals surface area contributed by atoms with Crippen molar-refractivity contribution in [2.24, 2.45) is 10.9 Å². The van der Waals surface area contributed by atoms with Crippen LogP contribution in [0.1, 0.15) is 24.0 Å². The summed E-state index contributed by atoms with van der Waals surface area (Å²) in [5, 5.41) is 4.06. The smallest absolute Gasteiger partial charge is 0.358 e. The van der Waals surface area contributed by atoms with Gasteiger partial charge in [0.15, 0.2) is 5.84 Å². The van der Waals surface area contributed by atoms with Gasteiger partial charge in [0.2, 0.25) is 5.91 Å². The maximum atomic E-state index is 12.9. The molecule has 1 aliphatic rings. The second kappa shape index (κ2) is 8.22. The molecular weight excluding hydrogens is 418 g/mol. The minimum atomic E-state index is -4.21. The standard InChI is InChI=1S/C19H18ClN3O5S/c1-12-2-8-15(9-3-12)29(26,27)23-16(10-11-17(23)24)19(25)28-22-18(21)13-4-6-14(20)7-5-13/h2-9,16H,10-11H2,1H3,(H2,21,22)/t16-/m0/s1. The second-order valence-electron chi connectivity index (χ2n) is 6.46. The van der Waals surface area contributed by atoms with Crippen LogP contribution in [-0.2, 0) is 24.4 Å². The molecule has 0 saturated carbocycles. The van der Waals surface area contributed by atoms with Crippen molar-refractivity contribution in [1.29, 1.82) is 0 Å². The van der Waals surface area contributed by atoms with Crippen LogP contribution in [0, 0.1) is 6.92 Å². The monoisotopic (exact) mass is 435 g/mol. The number of amides is 1. The first-order valence-corrected chi connectivity index (χ1v) is 10.5. The maximum absolute atomic E-state index is 12.9. The van der Waals surface area contributed by atoms with Crippen LogP contribution in [0.4, 0.5) is 0 Å². The van der Waals surface area contributed by atoms with Crippen LogP contribution in [0.5, 0.6) is 0 Å². The zero-order chi connectivity index (χ0) is 21.2. The predicted octanol–water partition coefficient (Wildman–Crippen LogP) is 2.19. The van der Waals surface area contributed by atoms with E-state index in [1.165, 1.54) is 12.1 Å². The van der Waals surface area contributed by atoms with Crippen LogP contribution in [0.15, 0.2) is 58.6 Å². The Bertz CT molecular complexity index is 1070. The fourth-order valence-electron chi connectivity index (χ4n) is 2.83. The van der Waals surface area contributed by atoms with Gasteiger partial charge in [0.05, 0.1) is 4.90 Å². The summed E-state index contributed by atoms with van der Waals surface area (Å²) in [6.45, 7) is 1.81. The van der Waals surface area contributed by atoms with Gasteiger partial charge in [-0.1, -0.05) is 34.5 Å². The Hall–Kier alpha value is -2.91. The average Bonchev–Trinajstić information content (AvgIpc) is 3.09. The number of aryl methyl sites for hydroxylation is 1. The molecule has 2 aromatic carbocycles. The molecule has 0 unspecified atom stereocenters. The predicted molar refractivity (Wildman–Crippen MR) is 107 cm³/mol. The number of nitrogens with zero attached hydrogens (tertiary/aromatic N) is 2. The van der Waals surface area contributed by atoms with Crippen molar-refractivity contribution in [2.45, 2.75) is 30.7 Å². The quantitative estimate of drug-likeness (QED) is 0.333. The molecule has 1 fully saturated rings. The summed E-state index contributed by atoms with van der Waals surface area (Å²) < 4.78 is 26.3. The van der Waals surface area contributed by atoms with E-state index >= 15 is 0 Å². The fourth-order valence-corrected chi connectivity index (χ4v) is 4.55. The number of rotatable bonds is 5. The van der Waals surface area contributed by atoms with Gasteiger partial charge >= 0.3 is 5.97 Å². The van der Waals surface area contributed by atoms with E-state index in [4.69, 9.17) is 22.2 Å². The Labute approximate surface area is 172 Å². The Morgan fingerprint density at radius 3 is 2.41 bits per heavy atom. The van der Waals surface area contributed by atoms with Crippen LogP contribution in [0.2, 0.25) is 5.02 Å². The molecular formula is C19H18ClN3O5S. The van der Waals surface area contributed by atoms with Crippen molar-refractivity contribution in [2.75, 3.05) is 0 Å². The molecule has 0 bridgehead atoms. The zero-order valence-electron chi connectivity index (χ0n) is 15.4. The number of oxime groups is 1.